The minimum Gasteiger partial charge on any atom is -0.307 e. The Morgan fingerprint density at radius 3 is 2.44 bits per heavy atom. The molecule has 1 aliphatic rings. The van der Waals surface area contributed by atoms with E-state index in [1.54, 1.807) is 0 Å². The van der Waals surface area contributed by atoms with Crippen LogP contribution in [0, 0.1) is 5.92 Å². The summed E-state index contributed by atoms with van der Waals surface area (Å²) in [5.41, 5.74) is 1.34. The lowest BCUT2D eigenvalue weighted by Gasteiger charge is -2.29. The monoisotopic (exact) mass is 218 g/mol. The zero-order valence-electron chi connectivity index (χ0n) is 10.3. The fourth-order valence-corrected chi connectivity index (χ4v) is 2.53. The molecule has 2 nitrogen and oxygen atoms in total. The number of nitrogens with zero attached hydrogens (tertiary/aromatic N) is 1. The van der Waals surface area contributed by atoms with Crippen LogP contribution in [-0.4, -0.2) is 11.0 Å². The van der Waals surface area contributed by atoms with Gasteiger partial charge < -0.3 is 5.32 Å². The summed E-state index contributed by atoms with van der Waals surface area (Å²) in [6.45, 7) is 4.61. The Morgan fingerprint density at radius 2 is 1.81 bits per heavy atom. The maximum Gasteiger partial charge on any atom is 0.0295 e. The minimum absolute atomic E-state index is 0.446. The van der Waals surface area contributed by atoms with E-state index in [0.717, 1.165) is 5.92 Å². The quantitative estimate of drug-likeness (QED) is 0.842. The largest absolute Gasteiger partial charge is 0.307 e. The van der Waals surface area contributed by atoms with Gasteiger partial charge in [-0.2, -0.15) is 0 Å². The highest BCUT2D eigenvalue weighted by Crippen LogP contribution is 2.25. The average Bonchev–Trinajstić information content (AvgIpc) is 2.33. The SMILES string of the molecule is CC1CCC(NC(C)c2ccncc2)CC1. The van der Waals surface area contributed by atoms with E-state index < -0.39 is 0 Å². The summed E-state index contributed by atoms with van der Waals surface area (Å²) in [7, 11) is 0. The number of hydrogen-bond donors (Lipinski definition) is 1. The molecule has 2 rings (SSSR count). The first-order valence-corrected chi connectivity index (χ1v) is 6.41. The molecule has 0 saturated heterocycles. The van der Waals surface area contributed by atoms with Gasteiger partial charge in [-0.25, -0.2) is 0 Å². The third-order valence-corrected chi connectivity index (χ3v) is 3.71. The highest BCUT2D eigenvalue weighted by Gasteiger charge is 2.19. The van der Waals surface area contributed by atoms with E-state index >= 15 is 0 Å². The summed E-state index contributed by atoms with van der Waals surface area (Å²) in [6, 6.07) is 5.35. The Hall–Kier alpha value is -0.890. The van der Waals surface area contributed by atoms with Crippen LogP contribution < -0.4 is 5.32 Å². The molecular weight excluding hydrogens is 196 g/mol. The number of hydrogen-bond acceptors (Lipinski definition) is 2. The van der Waals surface area contributed by atoms with Crippen molar-refractivity contribution in [3.8, 4) is 0 Å². The van der Waals surface area contributed by atoms with E-state index in [1.807, 2.05) is 12.4 Å². The lowest BCUT2D eigenvalue weighted by atomic mass is 9.87. The van der Waals surface area contributed by atoms with Gasteiger partial charge in [-0.05, 0) is 56.2 Å². The highest BCUT2D eigenvalue weighted by atomic mass is 14.9. The molecule has 1 saturated carbocycles. The van der Waals surface area contributed by atoms with Gasteiger partial charge in [0.2, 0.25) is 0 Å². The van der Waals surface area contributed by atoms with E-state index in [2.05, 4.69) is 36.3 Å². The standard InChI is InChI=1S/C14H22N2/c1-11-3-5-14(6-4-11)16-12(2)13-7-9-15-10-8-13/h7-12,14,16H,3-6H2,1-2H3. The molecule has 1 aromatic rings. The molecule has 1 unspecified atom stereocenters. The van der Waals surface area contributed by atoms with Crippen LogP contribution in [0.25, 0.3) is 0 Å². The van der Waals surface area contributed by atoms with Gasteiger partial charge in [0.05, 0.1) is 0 Å². The van der Waals surface area contributed by atoms with E-state index in [4.69, 9.17) is 0 Å². The van der Waals surface area contributed by atoms with Crippen molar-refractivity contribution >= 4 is 0 Å². The predicted octanol–water partition coefficient (Wildman–Crippen LogP) is 3.31. The van der Waals surface area contributed by atoms with Crippen LogP contribution in [0.4, 0.5) is 0 Å². The Bertz CT molecular complexity index is 302. The van der Waals surface area contributed by atoms with E-state index in [1.165, 1.54) is 31.2 Å². The molecule has 1 heterocycles. The van der Waals surface area contributed by atoms with Crippen LogP contribution >= 0.6 is 0 Å². The van der Waals surface area contributed by atoms with Crippen molar-refractivity contribution < 1.29 is 0 Å². The predicted molar refractivity (Wildman–Crippen MR) is 67.2 cm³/mol. The van der Waals surface area contributed by atoms with Crippen molar-refractivity contribution in [3.05, 3.63) is 30.1 Å². The lowest BCUT2D eigenvalue weighted by molar-refractivity contribution is 0.291. The van der Waals surface area contributed by atoms with Gasteiger partial charge in [-0.3, -0.25) is 4.98 Å². The van der Waals surface area contributed by atoms with E-state index in [0.29, 0.717) is 12.1 Å². The first-order valence-electron chi connectivity index (χ1n) is 6.41. The Balaban J connectivity index is 1.86. The summed E-state index contributed by atoms with van der Waals surface area (Å²) in [4.78, 5) is 4.06. The summed E-state index contributed by atoms with van der Waals surface area (Å²) >= 11 is 0. The first kappa shape index (κ1) is 11.6. The fraction of sp³-hybridized carbons (Fsp3) is 0.643. The topological polar surface area (TPSA) is 24.9 Å². The third kappa shape index (κ3) is 3.05. The average molecular weight is 218 g/mol. The van der Waals surface area contributed by atoms with Crippen LogP contribution in [-0.2, 0) is 0 Å². The molecule has 16 heavy (non-hydrogen) atoms. The van der Waals surface area contributed by atoms with Crippen LogP contribution in [0.1, 0.15) is 51.1 Å². The van der Waals surface area contributed by atoms with Crippen molar-refractivity contribution in [2.24, 2.45) is 5.92 Å². The molecule has 2 heteroatoms. The van der Waals surface area contributed by atoms with Gasteiger partial charge in [0.15, 0.2) is 0 Å². The first-order chi connectivity index (χ1) is 7.75. The van der Waals surface area contributed by atoms with Crippen molar-refractivity contribution in [1.29, 1.82) is 0 Å². The summed E-state index contributed by atoms with van der Waals surface area (Å²) in [6.07, 6.45) is 9.15. The van der Waals surface area contributed by atoms with Gasteiger partial charge in [0.1, 0.15) is 0 Å². The summed E-state index contributed by atoms with van der Waals surface area (Å²) in [5.74, 6) is 0.925. The van der Waals surface area contributed by atoms with Gasteiger partial charge in [-0.1, -0.05) is 6.92 Å². The fourth-order valence-electron chi connectivity index (χ4n) is 2.53. The lowest BCUT2D eigenvalue weighted by Crippen LogP contribution is -2.34. The summed E-state index contributed by atoms with van der Waals surface area (Å²) in [5, 5.41) is 3.73. The van der Waals surface area contributed by atoms with Crippen LogP contribution in [0.15, 0.2) is 24.5 Å². The molecule has 0 amide bonds. The molecule has 1 N–H and O–H groups in total. The van der Waals surface area contributed by atoms with E-state index in [-0.39, 0.29) is 0 Å². The van der Waals surface area contributed by atoms with Crippen LogP contribution in [0.3, 0.4) is 0 Å². The van der Waals surface area contributed by atoms with Crippen LogP contribution in [0.5, 0.6) is 0 Å². The zero-order valence-corrected chi connectivity index (χ0v) is 10.3. The van der Waals surface area contributed by atoms with Crippen molar-refractivity contribution in [2.75, 3.05) is 0 Å². The van der Waals surface area contributed by atoms with Gasteiger partial charge in [0.25, 0.3) is 0 Å². The smallest absolute Gasteiger partial charge is 0.0295 e. The molecule has 0 spiro atoms. The molecule has 1 fully saturated rings. The minimum atomic E-state index is 0.446. The van der Waals surface area contributed by atoms with Crippen molar-refractivity contribution in [2.45, 2.75) is 51.6 Å². The second kappa shape index (κ2) is 5.44. The number of pyridine rings is 1. The normalized spacial score (nSPS) is 27.6. The number of rotatable bonds is 3. The maximum absolute atomic E-state index is 4.06. The second-order valence-electron chi connectivity index (χ2n) is 5.13. The van der Waals surface area contributed by atoms with Gasteiger partial charge >= 0.3 is 0 Å². The van der Waals surface area contributed by atoms with Crippen molar-refractivity contribution in [1.82, 2.24) is 10.3 Å². The summed E-state index contributed by atoms with van der Waals surface area (Å²) < 4.78 is 0. The Kier molecular flexibility index (Phi) is 3.94. The molecule has 1 aliphatic carbocycles. The van der Waals surface area contributed by atoms with Gasteiger partial charge in [0, 0.05) is 24.5 Å². The molecule has 0 aromatic carbocycles. The maximum atomic E-state index is 4.06. The number of aromatic nitrogens is 1. The molecule has 88 valence electrons. The second-order valence-corrected chi connectivity index (χ2v) is 5.13. The molecule has 0 radical (unpaired) electrons. The third-order valence-electron chi connectivity index (χ3n) is 3.71. The van der Waals surface area contributed by atoms with Crippen molar-refractivity contribution in [3.63, 3.8) is 0 Å². The van der Waals surface area contributed by atoms with Gasteiger partial charge in [-0.15, -0.1) is 0 Å². The zero-order chi connectivity index (χ0) is 11.4. The molecule has 0 bridgehead atoms. The number of nitrogens with one attached hydrogen (secondary N) is 1. The molecule has 1 aromatic heterocycles. The molecular formula is C14H22N2. The van der Waals surface area contributed by atoms with Crippen LogP contribution in [0.2, 0.25) is 0 Å². The Labute approximate surface area is 98.5 Å². The highest BCUT2D eigenvalue weighted by molar-refractivity contribution is 5.14. The molecule has 0 aliphatic heterocycles. The van der Waals surface area contributed by atoms with E-state index in [9.17, 15) is 0 Å². The molecule has 1 atom stereocenters. The Morgan fingerprint density at radius 1 is 1.19 bits per heavy atom.